The van der Waals surface area contributed by atoms with Crippen LogP contribution in [0.2, 0.25) is 0 Å². The van der Waals surface area contributed by atoms with Gasteiger partial charge >= 0.3 is 5.97 Å². The Hall–Kier alpha value is -1.40. The molecule has 3 saturated heterocycles. The molecular weight excluding hydrogens is 314 g/mol. The maximum absolute atomic E-state index is 12.4. The fourth-order valence-electron chi connectivity index (χ4n) is 3.39. The quantitative estimate of drug-likeness (QED) is 0.767. The van der Waals surface area contributed by atoms with E-state index in [2.05, 4.69) is 4.90 Å². The van der Waals surface area contributed by atoms with Crippen LogP contribution < -0.4 is 0 Å². The van der Waals surface area contributed by atoms with Crippen molar-refractivity contribution in [3.05, 3.63) is 29.8 Å². The number of piperidine rings is 3. The lowest BCUT2D eigenvalue weighted by atomic mass is 9.72. The molecule has 0 unspecified atom stereocenters. The first kappa shape index (κ1) is 16.5. The van der Waals surface area contributed by atoms with Crippen LogP contribution in [0.1, 0.15) is 24.8 Å². The van der Waals surface area contributed by atoms with Crippen molar-refractivity contribution in [2.75, 3.05) is 32.0 Å². The SMILES string of the molecule is Cc1ccc(S(=O)(=O)CCOC(=O)C23CCN(CC2)CC3)cc1. The van der Waals surface area contributed by atoms with Gasteiger partial charge in [-0.2, -0.15) is 0 Å². The summed E-state index contributed by atoms with van der Waals surface area (Å²) in [6.45, 7) is 4.66. The van der Waals surface area contributed by atoms with Crippen LogP contribution in [0.3, 0.4) is 0 Å². The molecule has 126 valence electrons. The molecule has 3 fully saturated rings. The zero-order valence-corrected chi connectivity index (χ0v) is 14.3. The van der Waals surface area contributed by atoms with Crippen LogP contribution in [0.5, 0.6) is 0 Å². The minimum atomic E-state index is -3.41. The molecular formula is C17H23NO4S. The average Bonchev–Trinajstić information content (AvgIpc) is 2.56. The van der Waals surface area contributed by atoms with Gasteiger partial charge in [0.15, 0.2) is 9.84 Å². The van der Waals surface area contributed by atoms with Gasteiger partial charge in [0.05, 0.1) is 16.1 Å². The van der Waals surface area contributed by atoms with Gasteiger partial charge in [0.25, 0.3) is 0 Å². The first-order valence-corrected chi connectivity index (χ1v) is 9.76. The van der Waals surface area contributed by atoms with E-state index in [1.807, 2.05) is 6.92 Å². The molecule has 6 heteroatoms. The molecule has 3 aliphatic rings. The van der Waals surface area contributed by atoms with Crippen molar-refractivity contribution in [3.8, 4) is 0 Å². The second-order valence-electron chi connectivity index (χ2n) is 6.64. The Kier molecular flexibility index (Phi) is 4.47. The minimum absolute atomic E-state index is 0.0689. The summed E-state index contributed by atoms with van der Waals surface area (Å²) in [7, 11) is -3.41. The normalized spacial score (nSPS) is 26.9. The predicted octanol–water partition coefficient (Wildman–Crippen LogP) is 1.80. The molecule has 0 aromatic heterocycles. The monoisotopic (exact) mass is 337 g/mol. The molecule has 0 amide bonds. The molecule has 0 spiro atoms. The summed E-state index contributed by atoms with van der Waals surface area (Å²) in [5.74, 6) is -0.375. The van der Waals surface area contributed by atoms with Crippen LogP contribution in [0.25, 0.3) is 0 Å². The predicted molar refractivity (Wildman–Crippen MR) is 86.9 cm³/mol. The Morgan fingerprint density at radius 1 is 1.13 bits per heavy atom. The van der Waals surface area contributed by atoms with Gasteiger partial charge in [-0.05, 0) is 58.0 Å². The van der Waals surface area contributed by atoms with Crippen molar-refractivity contribution in [2.24, 2.45) is 5.41 Å². The Morgan fingerprint density at radius 2 is 1.70 bits per heavy atom. The molecule has 5 nitrogen and oxygen atoms in total. The Morgan fingerprint density at radius 3 is 2.26 bits per heavy atom. The number of benzene rings is 1. The fourth-order valence-corrected chi connectivity index (χ4v) is 4.48. The van der Waals surface area contributed by atoms with E-state index in [1.165, 1.54) is 0 Å². The van der Waals surface area contributed by atoms with Crippen LogP contribution in [0, 0.1) is 12.3 Å². The number of hydrogen-bond acceptors (Lipinski definition) is 5. The van der Waals surface area contributed by atoms with Gasteiger partial charge in [-0.3, -0.25) is 4.79 Å². The summed E-state index contributed by atoms with van der Waals surface area (Å²) in [5.41, 5.74) is 0.639. The highest BCUT2D eigenvalue weighted by Crippen LogP contribution is 2.41. The first-order chi connectivity index (χ1) is 10.9. The van der Waals surface area contributed by atoms with Crippen molar-refractivity contribution in [1.82, 2.24) is 4.90 Å². The molecule has 1 aromatic carbocycles. The number of carbonyl (C=O) groups is 1. The number of aryl methyl sites for hydroxylation is 1. The molecule has 0 aliphatic carbocycles. The summed E-state index contributed by atoms with van der Waals surface area (Å²) in [6, 6.07) is 6.74. The topological polar surface area (TPSA) is 63.7 Å². The van der Waals surface area contributed by atoms with E-state index >= 15 is 0 Å². The molecule has 0 saturated carbocycles. The third kappa shape index (κ3) is 3.43. The lowest BCUT2D eigenvalue weighted by molar-refractivity contribution is -0.163. The molecule has 2 bridgehead atoms. The van der Waals surface area contributed by atoms with Gasteiger partial charge in [-0.1, -0.05) is 17.7 Å². The number of esters is 1. The Balaban J connectivity index is 1.56. The fraction of sp³-hybridized carbons (Fsp3) is 0.588. The van der Waals surface area contributed by atoms with Crippen LogP contribution in [0.4, 0.5) is 0 Å². The van der Waals surface area contributed by atoms with Crippen molar-refractivity contribution in [1.29, 1.82) is 0 Å². The smallest absolute Gasteiger partial charge is 0.312 e. The summed E-state index contributed by atoms with van der Waals surface area (Å²) in [4.78, 5) is 15.0. The molecule has 0 radical (unpaired) electrons. The van der Waals surface area contributed by atoms with Crippen LogP contribution in [0.15, 0.2) is 29.2 Å². The van der Waals surface area contributed by atoms with Gasteiger partial charge in [0, 0.05) is 0 Å². The first-order valence-electron chi connectivity index (χ1n) is 8.10. The lowest BCUT2D eigenvalue weighted by Gasteiger charge is -2.46. The number of carbonyl (C=O) groups excluding carboxylic acids is 1. The van der Waals surface area contributed by atoms with E-state index in [1.54, 1.807) is 24.3 Å². The van der Waals surface area contributed by atoms with Gasteiger partial charge in [-0.15, -0.1) is 0 Å². The zero-order valence-electron chi connectivity index (χ0n) is 13.5. The lowest BCUT2D eigenvalue weighted by Crippen LogP contribution is -2.52. The summed E-state index contributed by atoms with van der Waals surface area (Å²) in [6.07, 6.45) is 2.49. The molecule has 4 rings (SSSR count). The van der Waals surface area contributed by atoms with Crippen LogP contribution >= 0.6 is 0 Å². The molecule has 23 heavy (non-hydrogen) atoms. The summed E-state index contributed by atoms with van der Waals surface area (Å²) >= 11 is 0. The third-order valence-electron chi connectivity index (χ3n) is 5.12. The highest BCUT2D eigenvalue weighted by molar-refractivity contribution is 7.91. The number of ether oxygens (including phenoxy) is 1. The maximum Gasteiger partial charge on any atom is 0.312 e. The number of hydrogen-bond donors (Lipinski definition) is 0. The van der Waals surface area contributed by atoms with Crippen LogP contribution in [-0.4, -0.2) is 51.3 Å². The standard InChI is InChI=1S/C17H23NO4S/c1-14-2-4-15(5-3-14)23(20,21)13-12-22-16(19)17-6-9-18(10-7-17)11-8-17/h2-5H,6-13H2,1H3. The molecule has 3 heterocycles. The largest absolute Gasteiger partial charge is 0.464 e. The average molecular weight is 337 g/mol. The van der Waals surface area contributed by atoms with E-state index in [0.717, 1.165) is 44.5 Å². The van der Waals surface area contributed by atoms with E-state index < -0.39 is 9.84 Å². The Bertz CT molecular complexity index is 659. The van der Waals surface area contributed by atoms with Crippen molar-refractivity contribution < 1.29 is 17.9 Å². The molecule has 0 N–H and O–H groups in total. The van der Waals surface area contributed by atoms with E-state index in [0.29, 0.717) is 0 Å². The van der Waals surface area contributed by atoms with Crippen molar-refractivity contribution in [2.45, 2.75) is 31.1 Å². The minimum Gasteiger partial charge on any atom is -0.464 e. The number of fused-ring (bicyclic) bond motifs is 3. The molecule has 0 atom stereocenters. The summed E-state index contributed by atoms with van der Waals surface area (Å²) in [5, 5.41) is 0. The van der Waals surface area contributed by atoms with E-state index in [9.17, 15) is 13.2 Å². The number of nitrogens with zero attached hydrogens (tertiary/aromatic N) is 1. The number of rotatable bonds is 5. The van der Waals surface area contributed by atoms with Crippen molar-refractivity contribution >= 4 is 15.8 Å². The molecule has 1 aromatic rings. The maximum atomic E-state index is 12.4. The highest BCUT2D eigenvalue weighted by Gasteiger charge is 2.46. The van der Waals surface area contributed by atoms with E-state index in [4.69, 9.17) is 4.74 Å². The van der Waals surface area contributed by atoms with Crippen molar-refractivity contribution in [3.63, 3.8) is 0 Å². The Labute approximate surface area is 137 Å². The van der Waals surface area contributed by atoms with Gasteiger partial charge in [0.1, 0.15) is 6.61 Å². The second kappa shape index (κ2) is 6.24. The third-order valence-corrected chi connectivity index (χ3v) is 6.81. The van der Waals surface area contributed by atoms with Gasteiger partial charge in [0.2, 0.25) is 0 Å². The summed E-state index contributed by atoms with van der Waals surface area (Å²) < 4.78 is 29.9. The number of sulfone groups is 1. The van der Waals surface area contributed by atoms with E-state index in [-0.39, 0.29) is 28.6 Å². The van der Waals surface area contributed by atoms with Gasteiger partial charge < -0.3 is 9.64 Å². The van der Waals surface area contributed by atoms with Gasteiger partial charge in [-0.25, -0.2) is 8.42 Å². The van der Waals surface area contributed by atoms with Crippen LogP contribution in [-0.2, 0) is 19.4 Å². The zero-order chi connectivity index (χ0) is 16.5. The second-order valence-corrected chi connectivity index (χ2v) is 8.75. The highest BCUT2D eigenvalue weighted by atomic mass is 32.2. The molecule has 3 aliphatic heterocycles.